The molecule has 3 rings (SSSR count). The molecule has 0 bridgehead atoms. The average molecular weight is 250 g/mol. The second-order valence-corrected chi connectivity index (χ2v) is 6.24. The SMILES string of the molecule is CC1(C)C[C@@H](CN2CCc3nocc3C2)CCO1. The molecule has 0 unspecified atom stereocenters. The molecule has 0 radical (unpaired) electrons. The van der Waals surface area contributed by atoms with Gasteiger partial charge < -0.3 is 9.26 Å². The molecule has 1 saturated heterocycles. The van der Waals surface area contributed by atoms with E-state index in [1.165, 1.54) is 24.9 Å². The fraction of sp³-hybridized carbons (Fsp3) is 0.786. The van der Waals surface area contributed by atoms with E-state index in [9.17, 15) is 0 Å². The Bertz CT molecular complexity index is 414. The van der Waals surface area contributed by atoms with Crippen LogP contribution < -0.4 is 0 Å². The first-order chi connectivity index (χ1) is 8.62. The van der Waals surface area contributed by atoms with Crippen molar-refractivity contribution in [3.63, 3.8) is 0 Å². The summed E-state index contributed by atoms with van der Waals surface area (Å²) in [5, 5.41) is 4.04. The maximum atomic E-state index is 5.79. The van der Waals surface area contributed by atoms with Gasteiger partial charge in [-0.25, -0.2) is 0 Å². The predicted octanol–water partition coefficient (Wildman–Crippen LogP) is 2.24. The zero-order chi connectivity index (χ0) is 12.6. The van der Waals surface area contributed by atoms with E-state index in [1.54, 1.807) is 6.26 Å². The van der Waals surface area contributed by atoms with Gasteiger partial charge in [0.25, 0.3) is 0 Å². The Hall–Kier alpha value is -0.870. The molecule has 0 spiro atoms. The van der Waals surface area contributed by atoms with Crippen molar-refractivity contribution in [2.24, 2.45) is 5.92 Å². The molecule has 0 amide bonds. The van der Waals surface area contributed by atoms with Crippen LogP contribution in [0.25, 0.3) is 0 Å². The van der Waals surface area contributed by atoms with Gasteiger partial charge in [0.2, 0.25) is 0 Å². The minimum absolute atomic E-state index is 0.0566. The highest BCUT2D eigenvalue weighted by atomic mass is 16.5. The number of fused-ring (bicyclic) bond motifs is 1. The average Bonchev–Trinajstić information content (AvgIpc) is 2.74. The molecule has 18 heavy (non-hydrogen) atoms. The Kier molecular flexibility index (Phi) is 3.16. The van der Waals surface area contributed by atoms with Crippen LogP contribution in [0.2, 0.25) is 0 Å². The van der Waals surface area contributed by atoms with Crippen molar-refractivity contribution >= 4 is 0 Å². The van der Waals surface area contributed by atoms with Crippen molar-refractivity contribution in [3.05, 3.63) is 17.5 Å². The summed E-state index contributed by atoms with van der Waals surface area (Å²) in [5.41, 5.74) is 2.48. The second-order valence-electron chi connectivity index (χ2n) is 6.24. The van der Waals surface area contributed by atoms with Gasteiger partial charge in [0, 0.05) is 38.2 Å². The molecule has 0 N–H and O–H groups in total. The minimum atomic E-state index is 0.0566. The molecule has 0 aromatic carbocycles. The van der Waals surface area contributed by atoms with Crippen molar-refractivity contribution in [1.82, 2.24) is 10.1 Å². The molecule has 100 valence electrons. The first-order valence-electron chi connectivity index (χ1n) is 6.91. The van der Waals surface area contributed by atoms with E-state index in [2.05, 4.69) is 23.9 Å². The van der Waals surface area contributed by atoms with E-state index in [0.717, 1.165) is 37.7 Å². The summed E-state index contributed by atoms with van der Waals surface area (Å²) in [4.78, 5) is 2.53. The summed E-state index contributed by atoms with van der Waals surface area (Å²) >= 11 is 0. The number of aromatic nitrogens is 1. The predicted molar refractivity (Wildman–Crippen MR) is 68.2 cm³/mol. The molecule has 1 aromatic heterocycles. The molecule has 1 fully saturated rings. The fourth-order valence-electron chi connectivity index (χ4n) is 3.23. The smallest absolute Gasteiger partial charge is 0.128 e. The van der Waals surface area contributed by atoms with Crippen LogP contribution in [-0.4, -0.2) is 35.4 Å². The molecular weight excluding hydrogens is 228 g/mol. The second kappa shape index (κ2) is 4.67. The summed E-state index contributed by atoms with van der Waals surface area (Å²) in [6.07, 6.45) is 5.18. The van der Waals surface area contributed by atoms with Crippen LogP contribution in [0.1, 0.15) is 37.9 Å². The maximum absolute atomic E-state index is 5.79. The summed E-state index contributed by atoms with van der Waals surface area (Å²) in [6.45, 7) is 8.59. The van der Waals surface area contributed by atoms with Crippen molar-refractivity contribution in [2.75, 3.05) is 19.7 Å². The van der Waals surface area contributed by atoms with Gasteiger partial charge in [-0.15, -0.1) is 0 Å². The fourth-order valence-corrected chi connectivity index (χ4v) is 3.23. The molecule has 0 aliphatic carbocycles. The van der Waals surface area contributed by atoms with Crippen LogP contribution in [-0.2, 0) is 17.7 Å². The van der Waals surface area contributed by atoms with E-state index < -0.39 is 0 Å². The first kappa shape index (κ1) is 12.2. The number of hydrogen-bond acceptors (Lipinski definition) is 4. The Morgan fingerprint density at radius 3 is 3.22 bits per heavy atom. The summed E-state index contributed by atoms with van der Waals surface area (Å²) < 4.78 is 10.8. The van der Waals surface area contributed by atoms with Gasteiger partial charge in [-0.3, -0.25) is 4.90 Å². The molecule has 4 nitrogen and oxygen atoms in total. The lowest BCUT2D eigenvalue weighted by molar-refractivity contribution is -0.0773. The molecule has 0 saturated carbocycles. The van der Waals surface area contributed by atoms with Gasteiger partial charge in [0.05, 0.1) is 11.3 Å². The number of ether oxygens (including phenoxy) is 1. The van der Waals surface area contributed by atoms with Gasteiger partial charge in [0.15, 0.2) is 0 Å². The topological polar surface area (TPSA) is 38.5 Å². The largest absolute Gasteiger partial charge is 0.376 e. The molecule has 1 aromatic rings. The Balaban J connectivity index is 1.58. The van der Waals surface area contributed by atoms with E-state index in [4.69, 9.17) is 9.26 Å². The number of nitrogens with zero attached hydrogens (tertiary/aromatic N) is 2. The Labute approximate surface area is 108 Å². The third kappa shape index (κ3) is 2.59. The normalized spacial score (nSPS) is 28.0. The van der Waals surface area contributed by atoms with Crippen LogP contribution in [0, 0.1) is 5.92 Å². The Morgan fingerprint density at radius 2 is 2.39 bits per heavy atom. The van der Waals surface area contributed by atoms with Crippen molar-refractivity contribution in [2.45, 2.75) is 45.3 Å². The number of rotatable bonds is 2. The highest BCUT2D eigenvalue weighted by Crippen LogP contribution is 2.30. The lowest BCUT2D eigenvalue weighted by Gasteiger charge is -2.38. The van der Waals surface area contributed by atoms with Gasteiger partial charge in [-0.05, 0) is 32.6 Å². The molecule has 1 atom stereocenters. The van der Waals surface area contributed by atoms with Crippen molar-refractivity contribution < 1.29 is 9.26 Å². The third-order valence-electron chi connectivity index (χ3n) is 4.10. The minimum Gasteiger partial charge on any atom is -0.376 e. The molecule has 2 aliphatic heterocycles. The standard InChI is InChI=1S/C14H22N2O2/c1-14(2)7-11(4-6-17-14)8-16-5-3-13-12(9-16)10-18-15-13/h10-11H,3-9H2,1-2H3/t11-/m0/s1. The lowest BCUT2D eigenvalue weighted by atomic mass is 9.87. The maximum Gasteiger partial charge on any atom is 0.128 e. The van der Waals surface area contributed by atoms with Crippen LogP contribution in [0.5, 0.6) is 0 Å². The van der Waals surface area contributed by atoms with Gasteiger partial charge in [-0.2, -0.15) is 0 Å². The Morgan fingerprint density at radius 1 is 1.50 bits per heavy atom. The van der Waals surface area contributed by atoms with E-state index >= 15 is 0 Å². The van der Waals surface area contributed by atoms with Gasteiger partial charge >= 0.3 is 0 Å². The molecule has 3 heterocycles. The highest BCUT2D eigenvalue weighted by molar-refractivity contribution is 5.17. The quantitative estimate of drug-likeness (QED) is 0.807. The van der Waals surface area contributed by atoms with E-state index in [0.29, 0.717) is 0 Å². The molecule has 4 heteroatoms. The summed E-state index contributed by atoms with van der Waals surface area (Å²) in [6, 6.07) is 0. The molecule has 2 aliphatic rings. The van der Waals surface area contributed by atoms with Gasteiger partial charge in [0.1, 0.15) is 6.26 Å². The van der Waals surface area contributed by atoms with Crippen molar-refractivity contribution in [1.29, 1.82) is 0 Å². The third-order valence-corrected chi connectivity index (χ3v) is 4.10. The van der Waals surface area contributed by atoms with Crippen LogP contribution >= 0.6 is 0 Å². The summed E-state index contributed by atoms with van der Waals surface area (Å²) in [5.74, 6) is 0.759. The van der Waals surface area contributed by atoms with Crippen LogP contribution in [0.3, 0.4) is 0 Å². The zero-order valence-electron chi connectivity index (χ0n) is 11.3. The van der Waals surface area contributed by atoms with Gasteiger partial charge in [-0.1, -0.05) is 5.16 Å². The highest BCUT2D eigenvalue weighted by Gasteiger charge is 2.30. The monoisotopic (exact) mass is 250 g/mol. The van der Waals surface area contributed by atoms with Crippen LogP contribution in [0.4, 0.5) is 0 Å². The van der Waals surface area contributed by atoms with Crippen LogP contribution in [0.15, 0.2) is 10.8 Å². The zero-order valence-corrected chi connectivity index (χ0v) is 11.3. The van der Waals surface area contributed by atoms with E-state index in [-0.39, 0.29) is 5.60 Å². The number of hydrogen-bond donors (Lipinski definition) is 0. The summed E-state index contributed by atoms with van der Waals surface area (Å²) in [7, 11) is 0. The molecular formula is C14H22N2O2. The van der Waals surface area contributed by atoms with E-state index in [1.807, 2.05) is 0 Å². The van der Waals surface area contributed by atoms with Crippen molar-refractivity contribution in [3.8, 4) is 0 Å². The lowest BCUT2D eigenvalue weighted by Crippen LogP contribution is -2.41. The first-order valence-corrected chi connectivity index (χ1v) is 6.91.